The molecule has 0 aromatic rings. The predicted octanol–water partition coefficient (Wildman–Crippen LogP) is 8.54. The minimum absolute atomic E-state index is 0.739. The fourth-order valence-electron chi connectivity index (χ4n) is 5.86. The van der Waals surface area contributed by atoms with E-state index in [4.69, 9.17) is 0 Å². The lowest BCUT2D eigenvalue weighted by atomic mass is 9.62. The van der Waals surface area contributed by atoms with Gasteiger partial charge in [0.15, 0.2) is 0 Å². The summed E-state index contributed by atoms with van der Waals surface area (Å²) in [5.41, 5.74) is 0.739. The van der Waals surface area contributed by atoms with Crippen LogP contribution in [0.5, 0.6) is 0 Å². The molecule has 0 aromatic carbocycles. The Balaban J connectivity index is 1.66. The quantitative estimate of drug-likeness (QED) is 0.351. The van der Waals surface area contributed by atoms with Crippen LogP contribution in [0.4, 0.5) is 0 Å². The van der Waals surface area contributed by atoms with Crippen LogP contribution in [0.25, 0.3) is 0 Å². The first-order valence-corrected chi connectivity index (χ1v) is 11.7. The van der Waals surface area contributed by atoms with Gasteiger partial charge in [0.25, 0.3) is 0 Å². The van der Waals surface area contributed by atoms with Gasteiger partial charge in [-0.2, -0.15) is 0 Å². The molecule has 0 amide bonds. The molecule has 0 unspecified atom stereocenters. The second-order valence-electron chi connectivity index (χ2n) is 9.42. The molecular weight excluding hydrogens is 288 g/mol. The Bertz CT molecular complexity index is 302. The smallest absolute Gasteiger partial charge is 0.0300 e. The summed E-state index contributed by atoms with van der Waals surface area (Å²) in [7, 11) is 0. The molecule has 0 heteroatoms. The van der Waals surface area contributed by atoms with E-state index in [-0.39, 0.29) is 0 Å². The maximum atomic E-state index is 2.46. The maximum Gasteiger partial charge on any atom is -0.0300 e. The molecule has 0 atom stereocenters. The molecular formula is C24H46. The maximum absolute atomic E-state index is 2.46. The van der Waals surface area contributed by atoms with Crippen LogP contribution in [-0.2, 0) is 0 Å². The number of unbranched alkanes of at least 4 members (excludes halogenated alkanes) is 4. The lowest BCUT2D eigenvalue weighted by molar-refractivity contribution is 0.0801. The molecule has 0 N–H and O–H groups in total. The fraction of sp³-hybridized carbons (Fsp3) is 1.00. The number of hydrogen-bond donors (Lipinski definition) is 0. The molecule has 0 aromatic heterocycles. The van der Waals surface area contributed by atoms with Gasteiger partial charge >= 0.3 is 0 Å². The summed E-state index contributed by atoms with van der Waals surface area (Å²) >= 11 is 0. The molecule has 2 fully saturated rings. The van der Waals surface area contributed by atoms with E-state index in [1.165, 1.54) is 57.8 Å². The van der Waals surface area contributed by atoms with Crippen molar-refractivity contribution in [1.29, 1.82) is 0 Å². The van der Waals surface area contributed by atoms with Crippen molar-refractivity contribution >= 4 is 0 Å². The minimum atomic E-state index is 0.739. The highest BCUT2D eigenvalue weighted by molar-refractivity contribution is 4.88. The third-order valence-electron chi connectivity index (χ3n) is 7.93. The van der Waals surface area contributed by atoms with Gasteiger partial charge in [0, 0.05) is 0 Å². The molecule has 2 aliphatic carbocycles. The summed E-state index contributed by atoms with van der Waals surface area (Å²) in [4.78, 5) is 0. The molecule has 0 spiro atoms. The highest BCUT2D eigenvalue weighted by Gasteiger charge is 2.36. The molecule has 0 radical (unpaired) electrons. The van der Waals surface area contributed by atoms with Crippen molar-refractivity contribution in [3.8, 4) is 0 Å². The Morgan fingerprint density at radius 3 is 1.88 bits per heavy atom. The van der Waals surface area contributed by atoms with Crippen molar-refractivity contribution in [2.75, 3.05) is 0 Å². The second-order valence-corrected chi connectivity index (χ2v) is 9.42. The van der Waals surface area contributed by atoms with Crippen molar-refractivity contribution < 1.29 is 0 Å². The van der Waals surface area contributed by atoms with Crippen LogP contribution >= 0.6 is 0 Å². The third-order valence-corrected chi connectivity index (χ3v) is 7.93. The topological polar surface area (TPSA) is 0 Å². The Morgan fingerprint density at radius 2 is 1.29 bits per heavy atom. The lowest BCUT2D eigenvalue weighted by Gasteiger charge is -2.44. The van der Waals surface area contributed by atoms with Crippen molar-refractivity contribution in [2.24, 2.45) is 23.2 Å². The molecule has 0 heterocycles. The van der Waals surface area contributed by atoms with Crippen LogP contribution in [0.3, 0.4) is 0 Å². The van der Waals surface area contributed by atoms with Gasteiger partial charge in [-0.05, 0) is 68.1 Å². The molecule has 0 saturated heterocycles. The zero-order valence-corrected chi connectivity index (χ0v) is 17.3. The fourth-order valence-corrected chi connectivity index (χ4v) is 5.86. The Kier molecular flexibility index (Phi) is 9.20. The summed E-state index contributed by atoms with van der Waals surface area (Å²) in [5, 5.41) is 0. The van der Waals surface area contributed by atoms with E-state index in [9.17, 15) is 0 Å². The molecule has 2 rings (SSSR count). The van der Waals surface area contributed by atoms with Crippen LogP contribution in [-0.4, -0.2) is 0 Å². The average Bonchev–Trinajstić information content (AvgIpc) is 2.65. The molecule has 0 bridgehead atoms. The lowest BCUT2D eigenvalue weighted by Crippen LogP contribution is -2.31. The van der Waals surface area contributed by atoms with Crippen LogP contribution < -0.4 is 0 Å². The Hall–Kier alpha value is 0. The van der Waals surface area contributed by atoms with Gasteiger partial charge in [-0.15, -0.1) is 0 Å². The molecule has 0 nitrogen and oxygen atoms in total. The SMILES string of the molecule is CCCCCCC1CCC([C@H]2CC[C@](CC)(CCCC)CC2)CC1. The Morgan fingerprint density at radius 1 is 0.667 bits per heavy atom. The van der Waals surface area contributed by atoms with Crippen molar-refractivity contribution in [2.45, 2.75) is 130 Å². The van der Waals surface area contributed by atoms with Gasteiger partial charge in [0.05, 0.1) is 0 Å². The normalized spacial score (nSPS) is 34.4. The van der Waals surface area contributed by atoms with E-state index in [0.717, 1.165) is 23.2 Å². The van der Waals surface area contributed by atoms with Gasteiger partial charge in [-0.1, -0.05) is 85.0 Å². The van der Waals surface area contributed by atoms with Crippen LogP contribution in [0.15, 0.2) is 0 Å². The highest BCUT2D eigenvalue weighted by atomic mass is 14.4. The predicted molar refractivity (Wildman–Crippen MR) is 108 cm³/mol. The second kappa shape index (κ2) is 10.9. The minimum Gasteiger partial charge on any atom is -0.0654 e. The molecule has 0 aliphatic heterocycles. The van der Waals surface area contributed by atoms with Gasteiger partial charge in [-0.3, -0.25) is 0 Å². The monoisotopic (exact) mass is 334 g/mol. The highest BCUT2D eigenvalue weighted by Crippen LogP contribution is 2.49. The van der Waals surface area contributed by atoms with Gasteiger partial charge in [0.2, 0.25) is 0 Å². The standard InChI is InChI=1S/C24H46/c1-4-7-9-10-11-21-12-14-22(15-13-21)23-16-19-24(6-3,20-17-23)18-8-5-2/h21-23H,4-20H2,1-3H3/t21?,22?,23-,24-. The third kappa shape index (κ3) is 6.06. The molecule has 142 valence electrons. The van der Waals surface area contributed by atoms with Gasteiger partial charge < -0.3 is 0 Å². The molecule has 2 saturated carbocycles. The zero-order valence-electron chi connectivity index (χ0n) is 17.3. The van der Waals surface area contributed by atoms with E-state index in [1.807, 2.05) is 0 Å². The van der Waals surface area contributed by atoms with Gasteiger partial charge in [0.1, 0.15) is 0 Å². The number of rotatable bonds is 10. The first-order valence-electron chi connectivity index (χ1n) is 11.7. The van der Waals surface area contributed by atoms with E-state index >= 15 is 0 Å². The summed E-state index contributed by atoms with van der Waals surface area (Å²) in [6, 6.07) is 0. The van der Waals surface area contributed by atoms with Crippen molar-refractivity contribution in [3.05, 3.63) is 0 Å². The van der Waals surface area contributed by atoms with Gasteiger partial charge in [-0.25, -0.2) is 0 Å². The largest absolute Gasteiger partial charge is 0.0654 e. The summed E-state index contributed by atoms with van der Waals surface area (Å²) < 4.78 is 0. The zero-order chi connectivity index (χ0) is 17.3. The van der Waals surface area contributed by atoms with Crippen LogP contribution in [0, 0.1) is 23.2 Å². The van der Waals surface area contributed by atoms with E-state index in [1.54, 1.807) is 51.4 Å². The summed E-state index contributed by atoms with van der Waals surface area (Å²) in [5.74, 6) is 3.27. The Labute approximate surface area is 153 Å². The molecule has 2 aliphatic rings. The summed E-state index contributed by atoms with van der Waals surface area (Å²) in [6.07, 6.45) is 25.6. The summed E-state index contributed by atoms with van der Waals surface area (Å²) in [6.45, 7) is 7.14. The first kappa shape index (κ1) is 20.3. The van der Waals surface area contributed by atoms with E-state index in [0.29, 0.717) is 0 Å². The van der Waals surface area contributed by atoms with Crippen LogP contribution in [0.1, 0.15) is 130 Å². The van der Waals surface area contributed by atoms with E-state index < -0.39 is 0 Å². The van der Waals surface area contributed by atoms with E-state index in [2.05, 4.69) is 20.8 Å². The molecule has 24 heavy (non-hydrogen) atoms. The first-order chi connectivity index (χ1) is 11.7. The van der Waals surface area contributed by atoms with Crippen molar-refractivity contribution in [1.82, 2.24) is 0 Å². The van der Waals surface area contributed by atoms with Crippen molar-refractivity contribution in [3.63, 3.8) is 0 Å². The average molecular weight is 335 g/mol. The number of hydrogen-bond acceptors (Lipinski definition) is 0. The van der Waals surface area contributed by atoms with Crippen LogP contribution in [0.2, 0.25) is 0 Å².